The van der Waals surface area contributed by atoms with Gasteiger partial charge in [0.25, 0.3) is 5.91 Å². The molecule has 2 saturated heterocycles. The van der Waals surface area contributed by atoms with Crippen LogP contribution < -0.4 is 14.5 Å². The van der Waals surface area contributed by atoms with Gasteiger partial charge in [-0.05, 0) is 61.4 Å². The molecule has 2 aliphatic rings. The average molecular weight is 515 g/mol. The molecule has 2 aromatic carbocycles. The number of hydrogen-bond donors (Lipinski definition) is 1. The van der Waals surface area contributed by atoms with E-state index in [-0.39, 0.29) is 17.5 Å². The topological polar surface area (TPSA) is 116 Å². The summed E-state index contributed by atoms with van der Waals surface area (Å²) < 4.78 is 31.2. The highest BCUT2D eigenvalue weighted by atomic mass is 32.2. The van der Waals surface area contributed by atoms with Crippen molar-refractivity contribution in [3.8, 4) is 0 Å². The van der Waals surface area contributed by atoms with Crippen LogP contribution in [0.2, 0.25) is 0 Å². The molecule has 0 radical (unpaired) electrons. The number of carbonyl (C=O) groups is 3. The fraction of sp³-hybridized carbons (Fsp3) is 0.400. The van der Waals surface area contributed by atoms with E-state index in [1.54, 1.807) is 40.1 Å². The minimum Gasteiger partial charge on any atom is -0.378 e. The molecule has 0 saturated carbocycles. The highest BCUT2D eigenvalue weighted by molar-refractivity contribution is 7.92. The molecule has 36 heavy (non-hydrogen) atoms. The van der Waals surface area contributed by atoms with E-state index in [0.717, 1.165) is 28.2 Å². The van der Waals surface area contributed by atoms with Crippen molar-refractivity contribution < 1.29 is 27.5 Å². The van der Waals surface area contributed by atoms with E-state index in [4.69, 9.17) is 4.74 Å². The molecule has 2 aliphatic heterocycles. The molecule has 0 atom stereocenters. The quantitative estimate of drug-likeness (QED) is 0.604. The lowest BCUT2D eigenvalue weighted by Crippen LogP contribution is -2.40. The van der Waals surface area contributed by atoms with Crippen LogP contribution >= 0.6 is 0 Å². The Morgan fingerprint density at radius 1 is 1.06 bits per heavy atom. The van der Waals surface area contributed by atoms with E-state index in [1.807, 2.05) is 6.92 Å². The molecule has 4 rings (SSSR count). The number of nitrogens with one attached hydrogen (secondary N) is 1. The van der Waals surface area contributed by atoms with Gasteiger partial charge in [0.1, 0.15) is 6.54 Å². The molecule has 10 nitrogen and oxygen atoms in total. The zero-order valence-electron chi connectivity index (χ0n) is 20.4. The van der Waals surface area contributed by atoms with E-state index < -0.39 is 22.5 Å². The molecular weight excluding hydrogens is 484 g/mol. The summed E-state index contributed by atoms with van der Waals surface area (Å²) >= 11 is 0. The monoisotopic (exact) mass is 514 g/mol. The summed E-state index contributed by atoms with van der Waals surface area (Å²) in [5, 5.41) is 2.74. The fourth-order valence-electron chi connectivity index (χ4n) is 4.39. The van der Waals surface area contributed by atoms with Gasteiger partial charge < -0.3 is 19.9 Å². The minimum atomic E-state index is -3.77. The Kier molecular flexibility index (Phi) is 7.60. The van der Waals surface area contributed by atoms with Gasteiger partial charge in [0.05, 0.1) is 25.2 Å². The second kappa shape index (κ2) is 10.7. The molecule has 11 heteroatoms. The SMILES string of the molecule is Cc1cc(NC(=O)CN(c2ccc(C(=O)N3CCOCC3)cc2)S(C)(=O)=O)ccc1N1CCCC1=O. The van der Waals surface area contributed by atoms with E-state index in [1.165, 1.54) is 12.1 Å². The maximum Gasteiger partial charge on any atom is 0.254 e. The highest BCUT2D eigenvalue weighted by Gasteiger charge is 2.25. The Bertz CT molecular complexity index is 1260. The molecule has 2 aromatic rings. The first-order valence-electron chi connectivity index (χ1n) is 11.8. The van der Waals surface area contributed by atoms with Gasteiger partial charge in [-0.2, -0.15) is 0 Å². The zero-order valence-corrected chi connectivity index (χ0v) is 21.2. The number of ether oxygens (including phenoxy) is 1. The van der Waals surface area contributed by atoms with Crippen molar-refractivity contribution in [2.75, 3.05) is 60.2 Å². The van der Waals surface area contributed by atoms with Crippen LogP contribution in [0.3, 0.4) is 0 Å². The maximum atomic E-state index is 12.8. The summed E-state index contributed by atoms with van der Waals surface area (Å²) in [6, 6.07) is 11.4. The van der Waals surface area contributed by atoms with Gasteiger partial charge in [0.2, 0.25) is 21.8 Å². The number of carbonyl (C=O) groups excluding carboxylic acids is 3. The van der Waals surface area contributed by atoms with Crippen molar-refractivity contribution in [3.63, 3.8) is 0 Å². The van der Waals surface area contributed by atoms with Gasteiger partial charge in [-0.25, -0.2) is 8.42 Å². The third-order valence-electron chi connectivity index (χ3n) is 6.23. The van der Waals surface area contributed by atoms with E-state index in [2.05, 4.69) is 5.32 Å². The van der Waals surface area contributed by atoms with Gasteiger partial charge in [0.15, 0.2) is 0 Å². The lowest BCUT2D eigenvalue weighted by atomic mass is 10.1. The van der Waals surface area contributed by atoms with Gasteiger partial charge in [-0.3, -0.25) is 18.7 Å². The second-order valence-corrected chi connectivity index (χ2v) is 10.8. The predicted octanol–water partition coefficient (Wildman–Crippen LogP) is 2.00. The Balaban J connectivity index is 1.44. The first-order valence-corrected chi connectivity index (χ1v) is 13.6. The van der Waals surface area contributed by atoms with Crippen LogP contribution in [0.5, 0.6) is 0 Å². The van der Waals surface area contributed by atoms with Crippen molar-refractivity contribution in [2.24, 2.45) is 0 Å². The smallest absolute Gasteiger partial charge is 0.254 e. The number of hydrogen-bond acceptors (Lipinski definition) is 6. The van der Waals surface area contributed by atoms with Crippen LogP contribution in [0.15, 0.2) is 42.5 Å². The third kappa shape index (κ3) is 5.85. The summed E-state index contributed by atoms with van der Waals surface area (Å²) in [5.41, 5.74) is 2.87. The molecule has 0 spiro atoms. The lowest BCUT2D eigenvalue weighted by molar-refractivity contribution is -0.117. The number of morpholine rings is 1. The normalized spacial score (nSPS) is 16.2. The van der Waals surface area contributed by atoms with Crippen LogP contribution in [-0.2, 0) is 24.3 Å². The average Bonchev–Trinajstić information content (AvgIpc) is 3.27. The molecule has 0 unspecified atom stereocenters. The number of nitrogens with zero attached hydrogens (tertiary/aromatic N) is 3. The summed E-state index contributed by atoms with van der Waals surface area (Å²) in [5.74, 6) is -0.586. The van der Waals surface area contributed by atoms with Gasteiger partial charge >= 0.3 is 0 Å². The zero-order chi connectivity index (χ0) is 25.9. The van der Waals surface area contributed by atoms with Gasteiger partial charge in [-0.15, -0.1) is 0 Å². The predicted molar refractivity (Wildman–Crippen MR) is 137 cm³/mol. The van der Waals surface area contributed by atoms with Crippen molar-refractivity contribution >= 4 is 44.8 Å². The van der Waals surface area contributed by atoms with Crippen LogP contribution in [0.4, 0.5) is 17.1 Å². The molecular formula is C25H30N4O6S. The van der Waals surface area contributed by atoms with Crippen LogP contribution in [0, 0.1) is 6.92 Å². The van der Waals surface area contributed by atoms with Crippen LogP contribution in [0.1, 0.15) is 28.8 Å². The van der Waals surface area contributed by atoms with Gasteiger partial charge in [0, 0.05) is 43.0 Å². The molecule has 0 aromatic heterocycles. The van der Waals surface area contributed by atoms with Crippen molar-refractivity contribution in [3.05, 3.63) is 53.6 Å². The molecule has 192 valence electrons. The fourth-order valence-corrected chi connectivity index (χ4v) is 5.25. The van der Waals surface area contributed by atoms with E-state index in [9.17, 15) is 22.8 Å². The molecule has 2 fully saturated rings. The number of sulfonamides is 1. The first kappa shape index (κ1) is 25.6. The Morgan fingerprint density at radius 2 is 1.75 bits per heavy atom. The maximum absolute atomic E-state index is 12.8. The first-order chi connectivity index (χ1) is 17.1. The minimum absolute atomic E-state index is 0.0799. The molecule has 0 bridgehead atoms. The summed E-state index contributed by atoms with van der Waals surface area (Å²) in [6.45, 7) is 4.08. The number of rotatable bonds is 7. The van der Waals surface area contributed by atoms with Gasteiger partial charge in [-0.1, -0.05) is 0 Å². The number of amides is 3. The Labute approximate surface area is 210 Å². The molecule has 2 heterocycles. The summed E-state index contributed by atoms with van der Waals surface area (Å²) in [6.07, 6.45) is 2.38. The lowest BCUT2D eigenvalue weighted by Gasteiger charge is -2.27. The van der Waals surface area contributed by atoms with Crippen molar-refractivity contribution in [1.82, 2.24) is 4.90 Å². The second-order valence-electron chi connectivity index (χ2n) is 8.92. The molecule has 3 amide bonds. The largest absolute Gasteiger partial charge is 0.378 e. The summed E-state index contributed by atoms with van der Waals surface area (Å²) in [7, 11) is -3.77. The Morgan fingerprint density at radius 3 is 2.33 bits per heavy atom. The van der Waals surface area contributed by atoms with E-state index >= 15 is 0 Å². The van der Waals surface area contributed by atoms with Crippen molar-refractivity contribution in [1.29, 1.82) is 0 Å². The summed E-state index contributed by atoms with van der Waals surface area (Å²) in [4.78, 5) is 40.9. The molecule has 1 N–H and O–H groups in total. The highest BCUT2D eigenvalue weighted by Crippen LogP contribution is 2.27. The number of anilines is 3. The Hall–Kier alpha value is -3.44. The number of benzene rings is 2. The van der Waals surface area contributed by atoms with E-state index in [0.29, 0.717) is 50.5 Å². The van der Waals surface area contributed by atoms with Crippen LogP contribution in [0.25, 0.3) is 0 Å². The molecule has 0 aliphatic carbocycles. The third-order valence-corrected chi connectivity index (χ3v) is 7.37. The van der Waals surface area contributed by atoms with Crippen molar-refractivity contribution in [2.45, 2.75) is 19.8 Å². The standard InChI is InChI=1S/C25H30N4O6S/c1-18-16-20(7-10-22(18)28-11-3-4-24(28)31)26-23(30)17-29(36(2,33)34)21-8-5-19(6-9-21)25(32)27-12-14-35-15-13-27/h5-10,16H,3-4,11-15,17H2,1-2H3,(H,26,30). The number of aryl methyl sites for hydroxylation is 1. The van der Waals surface area contributed by atoms with Crippen LogP contribution in [-0.4, -0.2) is 76.7 Å².